The lowest BCUT2D eigenvalue weighted by molar-refractivity contribution is -0.143. The molecule has 3 nitrogen and oxygen atoms in total. The number of likely N-dealkylation sites (N-methyl/N-ethyl adjacent to an activating group) is 1. The van der Waals surface area contributed by atoms with Crippen LogP contribution in [0.4, 0.5) is 0 Å². The van der Waals surface area contributed by atoms with Gasteiger partial charge in [-0.3, -0.25) is 4.79 Å². The van der Waals surface area contributed by atoms with E-state index in [0.29, 0.717) is 11.8 Å². The summed E-state index contributed by atoms with van der Waals surface area (Å²) in [5.74, 6) is 0.715. The molecular formula is C18H28N2O. The third-order valence-electron chi connectivity index (χ3n) is 4.90. The van der Waals surface area contributed by atoms with Crippen molar-refractivity contribution >= 4 is 5.91 Å². The fraction of sp³-hybridized carbons (Fsp3) is 0.611. The van der Waals surface area contributed by atoms with Crippen LogP contribution in [-0.2, 0) is 11.2 Å². The zero-order valence-corrected chi connectivity index (χ0v) is 13.6. The molecule has 1 fully saturated rings. The number of rotatable bonds is 6. The van der Waals surface area contributed by atoms with E-state index in [2.05, 4.69) is 50.4 Å². The van der Waals surface area contributed by atoms with Gasteiger partial charge in [-0.1, -0.05) is 44.2 Å². The maximum Gasteiger partial charge on any atom is 0.230 e. The molecule has 1 aliphatic heterocycles. The van der Waals surface area contributed by atoms with E-state index in [1.807, 2.05) is 11.0 Å². The summed E-state index contributed by atoms with van der Waals surface area (Å²) in [6, 6.07) is 10.4. The van der Waals surface area contributed by atoms with Crippen molar-refractivity contribution in [3.63, 3.8) is 0 Å². The van der Waals surface area contributed by atoms with E-state index in [1.54, 1.807) is 0 Å². The highest BCUT2D eigenvalue weighted by atomic mass is 16.2. The number of carbonyl (C=O) groups excluding carboxylic acids is 1. The van der Waals surface area contributed by atoms with E-state index in [-0.39, 0.29) is 5.41 Å². The first-order valence-corrected chi connectivity index (χ1v) is 8.14. The Hall–Kier alpha value is -1.35. The van der Waals surface area contributed by atoms with Gasteiger partial charge < -0.3 is 10.2 Å². The minimum Gasteiger partial charge on any atom is -0.342 e. The Labute approximate surface area is 128 Å². The van der Waals surface area contributed by atoms with Crippen LogP contribution < -0.4 is 5.32 Å². The summed E-state index contributed by atoms with van der Waals surface area (Å²) in [7, 11) is 0. The summed E-state index contributed by atoms with van der Waals surface area (Å²) >= 11 is 0. The predicted molar refractivity (Wildman–Crippen MR) is 87.2 cm³/mol. The fourth-order valence-electron chi connectivity index (χ4n) is 3.26. The monoisotopic (exact) mass is 288 g/mol. The Bertz CT molecular complexity index is 450. The third kappa shape index (κ3) is 3.46. The Balaban J connectivity index is 2.04. The lowest BCUT2D eigenvalue weighted by Crippen LogP contribution is -2.48. The van der Waals surface area contributed by atoms with Crippen LogP contribution in [0, 0.1) is 11.3 Å². The molecule has 1 N–H and O–H groups in total. The number of nitrogens with zero attached hydrogens (tertiary/aromatic N) is 1. The molecule has 0 spiro atoms. The van der Waals surface area contributed by atoms with E-state index in [1.165, 1.54) is 5.56 Å². The van der Waals surface area contributed by atoms with Gasteiger partial charge in [0.2, 0.25) is 5.91 Å². The summed E-state index contributed by atoms with van der Waals surface area (Å²) in [5, 5.41) is 3.38. The zero-order chi connectivity index (χ0) is 15.3. The first-order chi connectivity index (χ1) is 10.1. The number of benzene rings is 1. The minimum atomic E-state index is -0.202. The number of nitrogens with one attached hydrogen (secondary N) is 1. The molecule has 2 rings (SSSR count). The number of amides is 1. The van der Waals surface area contributed by atoms with Crippen molar-refractivity contribution in [2.45, 2.75) is 33.6 Å². The highest BCUT2D eigenvalue weighted by Gasteiger charge is 2.45. The maximum absolute atomic E-state index is 13.0. The van der Waals surface area contributed by atoms with Crippen LogP contribution in [0.3, 0.4) is 0 Å². The maximum atomic E-state index is 13.0. The van der Waals surface area contributed by atoms with Crippen molar-refractivity contribution in [3.05, 3.63) is 35.9 Å². The quantitative estimate of drug-likeness (QED) is 0.873. The normalized spacial score (nSPS) is 21.7. The number of carbonyl (C=O) groups is 1. The molecule has 3 heteroatoms. The molecule has 1 saturated heterocycles. The van der Waals surface area contributed by atoms with E-state index in [9.17, 15) is 4.79 Å². The van der Waals surface area contributed by atoms with Gasteiger partial charge in [0, 0.05) is 19.6 Å². The molecule has 1 aliphatic rings. The second-order valence-electron chi connectivity index (χ2n) is 6.36. The SMILES string of the molecule is CCN(CCc1ccccc1)C(=O)C1(C(C)C)CCNC1. The molecule has 116 valence electrons. The van der Waals surface area contributed by atoms with Gasteiger partial charge >= 0.3 is 0 Å². The van der Waals surface area contributed by atoms with Crippen LogP contribution in [-0.4, -0.2) is 37.0 Å². The van der Waals surface area contributed by atoms with Crippen LogP contribution >= 0.6 is 0 Å². The van der Waals surface area contributed by atoms with Crippen LogP contribution in [0.2, 0.25) is 0 Å². The first-order valence-electron chi connectivity index (χ1n) is 8.14. The Morgan fingerprint density at radius 3 is 2.57 bits per heavy atom. The van der Waals surface area contributed by atoms with Gasteiger partial charge in [0.1, 0.15) is 0 Å². The third-order valence-corrected chi connectivity index (χ3v) is 4.90. The van der Waals surface area contributed by atoms with Crippen LogP contribution in [0.25, 0.3) is 0 Å². The van der Waals surface area contributed by atoms with Crippen LogP contribution in [0.15, 0.2) is 30.3 Å². The van der Waals surface area contributed by atoms with Crippen molar-refractivity contribution < 1.29 is 4.79 Å². The van der Waals surface area contributed by atoms with E-state index < -0.39 is 0 Å². The number of hydrogen-bond acceptors (Lipinski definition) is 2. The van der Waals surface area contributed by atoms with Crippen LogP contribution in [0.5, 0.6) is 0 Å². The fourth-order valence-corrected chi connectivity index (χ4v) is 3.26. The van der Waals surface area contributed by atoms with Crippen molar-refractivity contribution in [2.24, 2.45) is 11.3 Å². The van der Waals surface area contributed by atoms with Crippen molar-refractivity contribution in [2.75, 3.05) is 26.2 Å². The predicted octanol–water partition coefficient (Wildman–Crippen LogP) is 2.71. The second-order valence-corrected chi connectivity index (χ2v) is 6.36. The lowest BCUT2D eigenvalue weighted by Gasteiger charge is -2.36. The molecule has 1 amide bonds. The average Bonchev–Trinajstić information content (AvgIpc) is 2.99. The molecular weight excluding hydrogens is 260 g/mol. The molecule has 0 aliphatic carbocycles. The minimum absolute atomic E-state index is 0.202. The van der Waals surface area contributed by atoms with Gasteiger partial charge in [0.25, 0.3) is 0 Å². The van der Waals surface area contributed by atoms with Gasteiger partial charge in [-0.15, -0.1) is 0 Å². The first kappa shape index (κ1) is 16.0. The summed E-state index contributed by atoms with van der Waals surface area (Å²) in [5.41, 5.74) is 1.10. The molecule has 0 aromatic heterocycles. The molecule has 1 aromatic carbocycles. The number of hydrogen-bond donors (Lipinski definition) is 1. The Morgan fingerprint density at radius 2 is 2.05 bits per heavy atom. The average molecular weight is 288 g/mol. The van der Waals surface area contributed by atoms with Gasteiger partial charge in [0.05, 0.1) is 5.41 Å². The van der Waals surface area contributed by atoms with Gasteiger partial charge in [-0.2, -0.15) is 0 Å². The highest BCUT2D eigenvalue weighted by Crippen LogP contribution is 2.36. The molecule has 1 atom stereocenters. The molecule has 1 unspecified atom stereocenters. The summed E-state index contributed by atoms with van der Waals surface area (Å²) in [6.45, 7) is 9.82. The molecule has 0 radical (unpaired) electrons. The summed E-state index contributed by atoms with van der Waals surface area (Å²) < 4.78 is 0. The summed E-state index contributed by atoms with van der Waals surface area (Å²) in [6.07, 6.45) is 1.90. The molecule has 0 saturated carbocycles. The molecule has 1 aromatic rings. The van der Waals surface area contributed by atoms with E-state index >= 15 is 0 Å². The van der Waals surface area contributed by atoms with Crippen molar-refractivity contribution in [1.82, 2.24) is 10.2 Å². The lowest BCUT2D eigenvalue weighted by atomic mass is 9.75. The van der Waals surface area contributed by atoms with E-state index in [0.717, 1.165) is 39.0 Å². The Kier molecular flexibility index (Phi) is 5.40. The van der Waals surface area contributed by atoms with Crippen LogP contribution in [0.1, 0.15) is 32.8 Å². The molecule has 0 bridgehead atoms. The van der Waals surface area contributed by atoms with Crippen molar-refractivity contribution in [1.29, 1.82) is 0 Å². The smallest absolute Gasteiger partial charge is 0.230 e. The zero-order valence-electron chi connectivity index (χ0n) is 13.6. The molecule has 21 heavy (non-hydrogen) atoms. The van der Waals surface area contributed by atoms with Crippen molar-refractivity contribution in [3.8, 4) is 0 Å². The van der Waals surface area contributed by atoms with E-state index in [4.69, 9.17) is 0 Å². The topological polar surface area (TPSA) is 32.3 Å². The highest BCUT2D eigenvalue weighted by molar-refractivity contribution is 5.83. The van der Waals surface area contributed by atoms with Gasteiger partial charge in [-0.05, 0) is 37.8 Å². The largest absolute Gasteiger partial charge is 0.342 e. The Morgan fingerprint density at radius 1 is 1.33 bits per heavy atom. The summed E-state index contributed by atoms with van der Waals surface area (Å²) in [4.78, 5) is 15.1. The standard InChI is InChI=1S/C18H28N2O/c1-4-20(13-10-16-8-6-5-7-9-16)17(21)18(15(2)3)11-12-19-14-18/h5-9,15,19H,4,10-14H2,1-3H3. The second kappa shape index (κ2) is 7.08. The molecule has 1 heterocycles. The van der Waals surface area contributed by atoms with Gasteiger partial charge in [0.15, 0.2) is 0 Å². The van der Waals surface area contributed by atoms with Gasteiger partial charge in [-0.25, -0.2) is 0 Å².